The summed E-state index contributed by atoms with van der Waals surface area (Å²) in [6.45, 7) is -0.514. The second kappa shape index (κ2) is 9.35. The van der Waals surface area contributed by atoms with Crippen molar-refractivity contribution in [1.82, 2.24) is 19.5 Å². The van der Waals surface area contributed by atoms with Crippen LogP contribution < -0.4 is 11.5 Å². The third-order valence-corrected chi connectivity index (χ3v) is 5.87. The van der Waals surface area contributed by atoms with Crippen LogP contribution in [0.15, 0.2) is 30.6 Å². The van der Waals surface area contributed by atoms with E-state index in [1.807, 2.05) is 0 Å². The molecule has 0 radical (unpaired) electrons. The summed E-state index contributed by atoms with van der Waals surface area (Å²) in [7, 11) is -4.74. The topological polar surface area (TPSA) is 229 Å². The molecule has 1 fully saturated rings. The van der Waals surface area contributed by atoms with E-state index in [1.54, 1.807) is 28.8 Å². The highest BCUT2D eigenvalue weighted by Gasteiger charge is 2.38. The Hall–Kier alpha value is -2.97. The summed E-state index contributed by atoms with van der Waals surface area (Å²) < 4.78 is 23.0. The van der Waals surface area contributed by atoms with Crippen LogP contribution >= 0.6 is 7.82 Å². The first kappa shape index (κ1) is 24.2. The Morgan fingerprint density at radius 3 is 2.65 bits per heavy atom. The molecule has 1 aromatic carbocycles. The van der Waals surface area contributed by atoms with Crippen molar-refractivity contribution >= 4 is 30.8 Å². The molecule has 15 heteroatoms. The quantitative estimate of drug-likeness (QED) is 0.223. The number of ether oxygens (including phenoxy) is 1. The number of carboxylic acid groups (broad SMARTS) is 1. The summed E-state index contributed by atoms with van der Waals surface area (Å²) in [5.74, 6) is -0.576. The van der Waals surface area contributed by atoms with Crippen LogP contribution in [0.5, 0.6) is 0 Å². The lowest BCUT2D eigenvalue weighted by atomic mass is 10.0. The summed E-state index contributed by atoms with van der Waals surface area (Å²) in [6.07, 6.45) is -1.39. The SMILES string of the molecule is Nc1ncnc2c1nc(-c1ccc(C[C@H](N)C(=O)O)cc1)n2[C@H]1C[C@H](O)[C@@H](COP(=O)(O)O)O1. The van der Waals surface area contributed by atoms with Gasteiger partial charge in [0.05, 0.1) is 12.7 Å². The number of fused-ring (bicyclic) bond motifs is 1. The van der Waals surface area contributed by atoms with Gasteiger partial charge in [-0.2, -0.15) is 0 Å². The number of benzene rings is 1. The third-order valence-electron chi connectivity index (χ3n) is 5.39. The van der Waals surface area contributed by atoms with Crippen molar-refractivity contribution in [3.05, 3.63) is 36.2 Å². The predicted molar refractivity (Wildman–Crippen MR) is 117 cm³/mol. The molecule has 4 atom stereocenters. The molecule has 1 aliphatic heterocycles. The van der Waals surface area contributed by atoms with Gasteiger partial charge in [0.25, 0.3) is 0 Å². The summed E-state index contributed by atoms with van der Waals surface area (Å²) >= 11 is 0. The highest BCUT2D eigenvalue weighted by molar-refractivity contribution is 7.46. The first-order valence-electron chi connectivity index (χ1n) is 10.1. The van der Waals surface area contributed by atoms with Gasteiger partial charge < -0.3 is 36.2 Å². The molecule has 4 rings (SSSR count). The van der Waals surface area contributed by atoms with Gasteiger partial charge in [-0.25, -0.2) is 19.5 Å². The molecular weight excluding hydrogens is 471 g/mol. The average Bonchev–Trinajstić information content (AvgIpc) is 3.33. The Morgan fingerprint density at radius 1 is 1.29 bits per heavy atom. The Labute approximate surface area is 192 Å². The number of aromatic nitrogens is 4. The minimum absolute atomic E-state index is 0.0725. The summed E-state index contributed by atoms with van der Waals surface area (Å²) in [5.41, 5.74) is 13.6. The maximum Gasteiger partial charge on any atom is 0.469 e. The summed E-state index contributed by atoms with van der Waals surface area (Å²) in [5, 5.41) is 19.4. The smallest absolute Gasteiger partial charge is 0.469 e. The second-order valence-corrected chi connectivity index (χ2v) is 9.04. The molecule has 0 aliphatic carbocycles. The first-order chi connectivity index (χ1) is 16.0. The number of hydrogen-bond donors (Lipinski definition) is 6. The number of anilines is 1. The lowest BCUT2D eigenvalue weighted by Gasteiger charge is -2.18. The second-order valence-electron chi connectivity index (χ2n) is 7.80. The number of nitrogen functional groups attached to an aromatic ring is 1. The zero-order chi connectivity index (χ0) is 24.6. The lowest BCUT2D eigenvalue weighted by molar-refractivity contribution is -0.138. The van der Waals surface area contributed by atoms with Crippen molar-refractivity contribution in [3.63, 3.8) is 0 Å². The van der Waals surface area contributed by atoms with Crippen LogP contribution in [0, 0.1) is 0 Å². The van der Waals surface area contributed by atoms with Gasteiger partial charge in [0.1, 0.15) is 30.5 Å². The van der Waals surface area contributed by atoms with Crippen molar-refractivity contribution in [1.29, 1.82) is 0 Å². The van der Waals surface area contributed by atoms with Gasteiger partial charge in [-0.15, -0.1) is 0 Å². The Balaban J connectivity index is 1.68. The van der Waals surface area contributed by atoms with E-state index in [-0.39, 0.29) is 18.7 Å². The highest BCUT2D eigenvalue weighted by atomic mass is 31.2. The van der Waals surface area contributed by atoms with Crippen molar-refractivity contribution in [2.45, 2.75) is 37.3 Å². The molecule has 2 aromatic heterocycles. The molecule has 0 saturated carbocycles. The number of nitrogens with two attached hydrogens (primary N) is 2. The Bertz CT molecular complexity index is 1250. The van der Waals surface area contributed by atoms with E-state index in [4.69, 9.17) is 31.1 Å². The number of phosphoric ester groups is 1. The van der Waals surface area contributed by atoms with Crippen LogP contribution in [0.1, 0.15) is 18.2 Å². The zero-order valence-corrected chi connectivity index (χ0v) is 18.5. The molecule has 1 saturated heterocycles. The molecule has 14 nitrogen and oxygen atoms in total. The monoisotopic (exact) mass is 494 g/mol. The van der Waals surface area contributed by atoms with Crippen molar-refractivity contribution in [3.8, 4) is 11.4 Å². The van der Waals surface area contributed by atoms with Gasteiger partial charge in [-0.3, -0.25) is 13.9 Å². The number of aliphatic carboxylic acids is 1. The molecule has 1 aliphatic rings. The first-order valence-corrected chi connectivity index (χ1v) is 11.7. The molecule has 0 bridgehead atoms. The summed E-state index contributed by atoms with van der Waals surface area (Å²) in [4.78, 5) is 41.7. The minimum Gasteiger partial charge on any atom is -0.480 e. The van der Waals surface area contributed by atoms with Gasteiger partial charge >= 0.3 is 13.8 Å². The highest BCUT2D eigenvalue weighted by Crippen LogP contribution is 2.40. The summed E-state index contributed by atoms with van der Waals surface area (Å²) in [6, 6.07) is 5.86. The number of aliphatic hydroxyl groups is 1. The standard InChI is InChI=1S/C19H23N6O8P/c20-11(19(27)28)5-9-1-3-10(4-2-9)17-24-15-16(21)22-8-23-18(15)25(17)14-6-12(26)13(33-14)7-32-34(29,30)31/h1-4,8,11-14,26H,5-7,20H2,(H,27,28)(H2,21,22,23)(H2,29,30,31)/t11-,12-,13+,14+/m0/s1. The normalized spacial score (nSPS) is 21.7. The van der Waals surface area contributed by atoms with Crippen molar-refractivity contribution in [2.24, 2.45) is 5.73 Å². The lowest BCUT2D eigenvalue weighted by Crippen LogP contribution is -2.32. The fourth-order valence-electron chi connectivity index (χ4n) is 3.73. The van der Waals surface area contributed by atoms with Crippen LogP contribution in [0.2, 0.25) is 0 Å². The number of phosphoric acid groups is 1. The predicted octanol–water partition coefficient (Wildman–Crippen LogP) is -0.212. The number of nitrogens with zero attached hydrogens (tertiary/aromatic N) is 4. The molecular formula is C19H23N6O8P. The Kier molecular flexibility index (Phi) is 6.64. The fourth-order valence-corrected chi connectivity index (χ4v) is 4.07. The molecule has 3 aromatic rings. The van der Waals surface area contributed by atoms with Gasteiger partial charge in [0.15, 0.2) is 17.0 Å². The van der Waals surface area contributed by atoms with Crippen LogP contribution in [-0.4, -0.2) is 70.3 Å². The van der Waals surface area contributed by atoms with Crippen LogP contribution in [0.4, 0.5) is 5.82 Å². The van der Waals surface area contributed by atoms with Crippen molar-refractivity contribution < 1.29 is 38.6 Å². The van der Waals surface area contributed by atoms with E-state index in [0.717, 1.165) is 0 Å². The number of imidazole rings is 1. The Morgan fingerprint density at radius 2 is 2.00 bits per heavy atom. The zero-order valence-electron chi connectivity index (χ0n) is 17.6. The molecule has 182 valence electrons. The van der Waals surface area contributed by atoms with Crippen LogP contribution in [0.3, 0.4) is 0 Å². The largest absolute Gasteiger partial charge is 0.480 e. The molecule has 3 heterocycles. The fraction of sp³-hybridized carbons (Fsp3) is 0.368. The molecule has 0 amide bonds. The number of aliphatic hydroxyl groups excluding tert-OH is 1. The van der Waals surface area contributed by atoms with Crippen LogP contribution in [0.25, 0.3) is 22.6 Å². The average molecular weight is 494 g/mol. The minimum atomic E-state index is -4.74. The van der Waals surface area contributed by atoms with E-state index in [0.29, 0.717) is 28.1 Å². The maximum atomic E-state index is 11.0. The molecule has 0 spiro atoms. The third kappa shape index (κ3) is 5.08. The number of carboxylic acids is 1. The van der Waals surface area contributed by atoms with E-state index < -0.39 is 44.9 Å². The van der Waals surface area contributed by atoms with Gasteiger partial charge in [-0.05, 0) is 12.0 Å². The maximum absolute atomic E-state index is 11.0. The van der Waals surface area contributed by atoms with Gasteiger partial charge in [0.2, 0.25) is 0 Å². The number of rotatable bonds is 8. The molecule has 34 heavy (non-hydrogen) atoms. The van der Waals surface area contributed by atoms with Gasteiger partial charge in [0, 0.05) is 12.0 Å². The number of carbonyl (C=O) groups is 1. The van der Waals surface area contributed by atoms with E-state index in [1.165, 1.54) is 6.33 Å². The van der Waals surface area contributed by atoms with E-state index in [2.05, 4.69) is 19.5 Å². The van der Waals surface area contributed by atoms with E-state index in [9.17, 15) is 14.5 Å². The molecule has 0 unspecified atom stereocenters. The van der Waals surface area contributed by atoms with E-state index >= 15 is 0 Å². The van der Waals surface area contributed by atoms with Gasteiger partial charge in [-0.1, -0.05) is 24.3 Å². The van der Waals surface area contributed by atoms with Crippen LogP contribution in [-0.2, 0) is 25.0 Å². The number of hydrogen-bond acceptors (Lipinski definition) is 10. The van der Waals surface area contributed by atoms with Crippen molar-refractivity contribution in [2.75, 3.05) is 12.3 Å². The molecule has 8 N–H and O–H groups in total.